The van der Waals surface area contributed by atoms with Crippen LogP contribution >= 0.6 is 0 Å². The van der Waals surface area contributed by atoms with Crippen LogP contribution < -0.4 is 10.6 Å². The zero-order chi connectivity index (χ0) is 27.5. The molecule has 0 fully saturated rings. The molecule has 0 aromatic heterocycles. The Morgan fingerprint density at radius 2 is 1.72 bits per heavy atom. The van der Waals surface area contributed by atoms with Gasteiger partial charge in [-0.1, -0.05) is 51.1 Å². The second-order valence-electron chi connectivity index (χ2n) is 9.90. The maximum atomic E-state index is 13.8. The molecule has 3 amide bonds. The highest BCUT2D eigenvalue weighted by atomic mass is 16.6. The van der Waals surface area contributed by atoms with E-state index in [0.717, 1.165) is 12.0 Å². The molecule has 0 aliphatic heterocycles. The van der Waals surface area contributed by atoms with Crippen molar-refractivity contribution >= 4 is 23.9 Å². The Balaban J connectivity index is 3.43. The Morgan fingerprint density at radius 3 is 2.19 bits per heavy atom. The van der Waals surface area contributed by atoms with Gasteiger partial charge < -0.3 is 25.0 Å². The second kappa shape index (κ2) is 14.3. The van der Waals surface area contributed by atoms with Crippen molar-refractivity contribution in [1.29, 1.82) is 0 Å². The minimum Gasteiger partial charge on any atom is -0.468 e. The average Bonchev–Trinajstić information content (AvgIpc) is 2.80. The van der Waals surface area contributed by atoms with E-state index in [1.807, 2.05) is 32.9 Å². The van der Waals surface area contributed by atoms with Crippen molar-refractivity contribution in [2.24, 2.45) is 5.92 Å². The van der Waals surface area contributed by atoms with E-state index >= 15 is 0 Å². The summed E-state index contributed by atoms with van der Waals surface area (Å²) >= 11 is 0. The monoisotopic (exact) mass is 503 g/mol. The number of rotatable bonds is 12. The number of amides is 3. The van der Waals surface area contributed by atoms with Crippen LogP contribution in [-0.4, -0.2) is 60.6 Å². The Hall–Kier alpha value is -3.36. The van der Waals surface area contributed by atoms with Gasteiger partial charge in [0.05, 0.1) is 7.11 Å². The number of carbonyl (C=O) groups is 4. The molecule has 200 valence electrons. The highest BCUT2D eigenvalue weighted by molar-refractivity contribution is 5.93. The molecule has 0 radical (unpaired) electrons. The van der Waals surface area contributed by atoms with Gasteiger partial charge in [-0.15, -0.1) is 6.58 Å². The molecule has 1 aromatic rings. The lowest BCUT2D eigenvalue weighted by Crippen LogP contribution is -2.53. The normalized spacial score (nSPS) is 12.8. The maximum Gasteiger partial charge on any atom is 0.408 e. The van der Waals surface area contributed by atoms with Crippen LogP contribution in [0.1, 0.15) is 65.1 Å². The predicted molar refractivity (Wildman–Crippen MR) is 138 cm³/mol. The summed E-state index contributed by atoms with van der Waals surface area (Å²) in [5, 5.41) is 5.23. The van der Waals surface area contributed by atoms with Gasteiger partial charge in [0.25, 0.3) is 0 Å². The third-order valence-electron chi connectivity index (χ3n) is 5.20. The fourth-order valence-electron chi connectivity index (χ4n) is 3.54. The molecule has 2 unspecified atom stereocenters. The summed E-state index contributed by atoms with van der Waals surface area (Å²) in [4.78, 5) is 52.7. The molecule has 0 saturated carbocycles. The van der Waals surface area contributed by atoms with Crippen LogP contribution in [0.2, 0.25) is 0 Å². The van der Waals surface area contributed by atoms with Gasteiger partial charge in [-0.2, -0.15) is 0 Å². The van der Waals surface area contributed by atoms with E-state index in [2.05, 4.69) is 21.9 Å². The molecule has 36 heavy (non-hydrogen) atoms. The summed E-state index contributed by atoms with van der Waals surface area (Å²) < 4.78 is 9.99. The zero-order valence-corrected chi connectivity index (χ0v) is 22.6. The van der Waals surface area contributed by atoms with Crippen LogP contribution in [0.15, 0.2) is 36.9 Å². The lowest BCUT2D eigenvalue weighted by atomic mass is 9.98. The first-order valence-electron chi connectivity index (χ1n) is 12.2. The van der Waals surface area contributed by atoms with Gasteiger partial charge in [-0.25, -0.2) is 4.79 Å². The first-order valence-corrected chi connectivity index (χ1v) is 12.2. The number of aryl methyl sites for hydroxylation is 1. The number of nitrogens with one attached hydrogen (secondary N) is 2. The second-order valence-corrected chi connectivity index (χ2v) is 9.90. The first kappa shape index (κ1) is 30.7. The standard InChI is InChI=1S/C27H41N3O6/c1-9-15-30(25(33)21(16-18(3)4)29-26(34)36-27(5,6)7)23(24(32)28-17-22(31)35-8)20-13-11-19(10-2)12-14-20/h9,11-14,18,21,23H,1,10,15-17H2,2-8H3,(H,28,32)(H,29,34). The predicted octanol–water partition coefficient (Wildman–Crippen LogP) is 3.53. The number of ether oxygens (including phenoxy) is 2. The fourth-order valence-corrected chi connectivity index (χ4v) is 3.54. The summed E-state index contributed by atoms with van der Waals surface area (Å²) in [5.41, 5.74) is 0.886. The van der Waals surface area contributed by atoms with E-state index in [0.29, 0.717) is 12.0 Å². The Kier molecular flexibility index (Phi) is 12.1. The molecular formula is C27H41N3O6. The molecule has 2 atom stereocenters. The number of methoxy groups -OCH3 is 1. The third-order valence-corrected chi connectivity index (χ3v) is 5.20. The smallest absolute Gasteiger partial charge is 0.408 e. The van der Waals surface area contributed by atoms with Crippen molar-refractivity contribution in [2.45, 2.75) is 72.1 Å². The van der Waals surface area contributed by atoms with Crippen molar-refractivity contribution in [1.82, 2.24) is 15.5 Å². The van der Waals surface area contributed by atoms with Crippen molar-refractivity contribution in [3.05, 3.63) is 48.0 Å². The number of esters is 1. The van der Waals surface area contributed by atoms with Crippen molar-refractivity contribution in [2.75, 3.05) is 20.2 Å². The van der Waals surface area contributed by atoms with E-state index in [1.165, 1.54) is 18.1 Å². The van der Waals surface area contributed by atoms with Crippen LogP contribution in [0.25, 0.3) is 0 Å². The minimum absolute atomic E-state index is 0.0370. The summed E-state index contributed by atoms with van der Waals surface area (Å²) in [7, 11) is 1.22. The zero-order valence-electron chi connectivity index (χ0n) is 22.6. The number of hydrogen-bond donors (Lipinski definition) is 2. The molecule has 0 aliphatic carbocycles. The third kappa shape index (κ3) is 10.1. The van der Waals surface area contributed by atoms with Gasteiger partial charge in [-0.05, 0) is 50.7 Å². The molecule has 0 bridgehead atoms. The van der Waals surface area contributed by atoms with Crippen molar-refractivity contribution in [3.63, 3.8) is 0 Å². The molecule has 0 heterocycles. The number of hydrogen-bond acceptors (Lipinski definition) is 6. The van der Waals surface area contributed by atoms with Crippen LogP contribution in [0.4, 0.5) is 4.79 Å². The summed E-state index contributed by atoms with van der Waals surface area (Å²) in [6, 6.07) is 5.33. The van der Waals surface area contributed by atoms with Crippen LogP contribution in [0.3, 0.4) is 0 Å². The van der Waals surface area contributed by atoms with Gasteiger partial charge in [0, 0.05) is 6.54 Å². The largest absolute Gasteiger partial charge is 0.468 e. The number of carbonyl (C=O) groups excluding carboxylic acids is 4. The van der Waals surface area contributed by atoms with Gasteiger partial charge in [0.1, 0.15) is 24.2 Å². The molecule has 2 N–H and O–H groups in total. The maximum absolute atomic E-state index is 13.8. The fraction of sp³-hybridized carbons (Fsp3) is 0.556. The number of alkyl carbamates (subject to hydrolysis) is 1. The summed E-state index contributed by atoms with van der Waals surface area (Å²) in [5.74, 6) is -1.57. The average molecular weight is 504 g/mol. The van der Waals surface area contributed by atoms with Gasteiger partial charge >= 0.3 is 12.1 Å². The molecule has 0 saturated heterocycles. The number of benzene rings is 1. The molecule has 1 rings (SSSR count). The van der Waals surface area contributed by atoms with E-state index in [1.54, 1.807) is 32.9 Å². The van der Waals surface area contributed by atoms with Gasteiger partial charge in [-0.3, -0.25) is 14.4 Å². The molecular weight excluding hydrogens is 462 g/mol. The van der Waals surface area contributed by atoms with Crippen molar-refractivity contribution in [3.8, 4) is 0 Å². The summed E-state index contributed by atoms with van der Waals surface area (Å²) in [6.45, 7) is 14.5. The molecule has 9 nitrogen and oxygen atoms in total. The first-order chi connectivity index (χ1) is 16.8. The van der Waals surface area contributed by atoms with E-state index in [4.69, 9.17) is 4.74 Å². The SMILES string of the molecule is C=CCN(C(=O)C(CC(C)C)NC(=O)OC(C)(C)C)C(C(=O)NCC(=O)OC)c1ccc(CC)cc1. The molecule has 9 heteroatoms. The Bertz CT molecular complexity index is 905. The highest BCUT2D eigenvalue weighted by Crippen LogP contribution is 2.24. The van der Waals surface area contributed by atoms with E-state index in [9.17, 15) is 19.2 Å². The van der Waals surface area contributed by atoms with Crippen molar-refractivity contribution < 1.29 is 28.7 Å². The molecule has 0 spiro atoms. The lowest BCUT2D eigenvalue weighted by Gasteiger charge is -2.34. The van der Waals surface area contributed by atoms with Crippen LogP contribution in [0.5, 0.6) is 0 Å². The topological polar surface area (TPSA) is 114 Å². The highest BCUT2D eigenvalue weighted by Gasteiger charge is 2.36. The molecule has 1 aromatic carbocycles. The summed E-state index contributed by atoms with van der Waals surface area (Å²) in [6.07, 6.45) is 1.93. The molecule has 0 aliphatic rings. The van der Waals surface area contributed by atoms with Crippen LogP contribution in [0, 0.1) is 5.92 Å². The minimum atomic E-state index is -1.07. The Morgan fingerprint density at radius 1 is 1.11 bits per heavy atom. The Labute approximate surface area is 214 Å². The van der Waals surface area contributed by atoms with E-state index < -0.39 is 41.6 Å². The van der Waals surface area contributed by atoms with Crippen LogP contribution in [-0.2, 0) is 30.3 Å². The van der Waals surface area contributed by atoms with Gasteiger partial charge in [0.2, 0.25) is 11.8 Å². The van der Waals surface area contributed by atoms with Gasteiger partial charge in [0.15, 0.2) is 0 Å². The lowest BCUT2D eigenvalue weighted by molar-refractivity contribution is -0.144. The quantitative estimate of drug-likeness (QED) is 0.333. The number of nitrogens with zero attached hydrogens (tertiary/aromatic N) is 1. The van der Waals surface area contributed by atoms with E-state index in [-0.39, 0.29) is 19.0 Å².